The monoisotopic (exact) mass is 369 g/mol. The van der Waals surface area contributed by atoms with Gasteiger partial charge in [0.15, 0.2) is 5.78 Å². The molecule has 3 nitrogen and oxygen atoms in total. The van der Waals surface area contributed by atoms with Crippen LogP contribution in [0.15, 0.2) is 89.7 Å². The van der Waals surface area contributed by atoms with Gasteiger partial charge in [-0.05, 0) is 35.4 Å². The predicted molar refractivity (Wildman–Crippen MR) is 110 cm³/mol. The Kier molecular flexibility index (Phi) is 4.68. The summed E-state index contributed by atoms with van der Waals surface area (Å²) in [7, 11) is 0. The number of hydrogen-bond donors (Lipinski definition) is 1. The summed E-state index contributed by atoms with van der Waals surface area (Å²) in [6.45, 7) is 0. The van der Waals surface area contributed by atoms with Gasteiger partial charge in [-0.1, -0.05) is 66.7 Å². The van der Waals surface area contributed by atoms with Crippen molar-refractivity contribution in [3.63, 3.8) is 0 Å². The molecule has 1 heterocycles. The number of para-hydroxylation sites is 1. The second kappa shape index (κ2) is 7.45. The molecule has 28 heavy (non-hydrogen) atoms. The van der Waals surface area contributed by atoms with Crippen molar-refractivity contribution in [1.82, 2.24) is 4.98 Å². The van der Waals surface area contributed by atoms with Crippen molar-refractivity contribution in [1.29, 1.82) is 0 Å². The van der Waals surface area contributed by atoms with Gasteiger partial charge in [-0.3, -0.25) is 9.59 Å². The van der Waals surface area contributed by atoms with Crippen LogP contribution < -0.4 is 5.56 Å². The van der Waals surface area contributed by atoms with E-state index in [0.29, 0.717) is 16.6 Å². The zero-order valence-corrected chi connectivity index (χ0v) is 14.9. The Labute approximate surface area is 160 Å². The van der Waals surface area contributed by atoms with Crippen LogP contribution >= 0.6 is 0 Å². The van der Waals surface area contributed by atoms with Crippen LogP contribution in [0.2, 0.25) is 0 Å². The molecule has 0 bridgehead atoms. The van der Waals surface area contributed by atoms with Crippen molar-refractivity contribution in [2.24, 2.45) is 0 Å². The van der Waals surface area contributed by atoms with Crippen molar-refractivity contribution < 1.29 is 9.18 Å². The minimum Gasteiger partial charge on any atom is -0.321 e. The van der Waals surface area contributed by atoms with E-state index in [4.69, 9.17) is 0 Å². The summed E-state index contributed by atoms with van der Waals surface area (Å²) in [4.78, 5) is 28.5. The number of allylic oxidation sites excluding steroid dienone is 1. The highest BCUT2D eigenvalue weighted by Gasteiger charge is 2.18. The van der Waals surface area contributed by atoms with Gasteiger partial charge >= 0.3 is 0 Å². The highest BCUT2D eigenvalue weighted by molar-refractivity contribution is 6.15. The fourth-order valence-electron chi connectivity index (χ4n) is 3.25. The Balaban J connectivity index is 1.90. The first-order valence-electron chi connectivity index (χ1n) is 8.82. The Bertz CT molecular complexity index is 1260. The summed E-state index contributed by atoms with van der Waals surface area (Å²) >= 11 is 0. The fourth-order valence-corrected chi connectivity index (χ4v) is 3.25. The second-order valence-electron chi connectivity index (χ2n) is 6.37. The average Bonchev–Trinajstić information content (AvgIpc) is 2.71. The number of pyridine rings is 1. The number of hydrogen-bond acceptors (Lipinski definition) is 2. The van der Waals surface area contributed by atoms with Gasteiger partial charge in [-0.2, -0.15) is 0 Å². The maximum atomic E-state index is 13.4. The summed E-state index contributed by atoms with van der Waals surface area (Å²) in [5.74, 6) is -0.821. The summed E-state index contributed by atoms with van der Waals surface area (Å²) in [5, 5.41) is 0.788. The smallest absolute Gasteiger partial charge is 0.260 e. The Morgan fingerprint density at radius 1 is 0.893 bits per heavy atom. The molecule has 1 N–H and O–H groups in total. The first kappa shape index (κ1) is 17.6. The van der Waals surface area contributed by atoms with Crippen LogP contribution in [0.5, 0.6) is 0 Å². The highest BCUT2D eigenvalue weighted by Crippen LogP contribution is 2.29. The third kappa shape index (κ3) is 3.40. The number of carbonyl (C=O) groups is 1. The standard InChI is InChI=1S/C24H16FNO2/c25-18-10-6-7-16(15-18)13-14-21(27)23-22(17-8-2-1-3-9-17)19-11-4-5-12-20(19)26-24(23)28/h1-15H,(H,26,28). The van der Waals surface area contributed by atoms with E-state index in [2.05, 4.69) is 4.98 Å². The Morgan fingerprint density at radius 2 is 1.64 bits per heavy atom. The molecule has 0 saturated carbocycles. The minimum atomic E-state index is -0.452. The van der Waals surface area contributed by atoms with Crippen LogP contribution in [0.1, 0.15) is 15.9 Å². The van der Waals surface area contributed by atoms with E-state index >= 15 is 0 Å². The molecule has 0 aliphatic heterocycles. The van der Waals surface area contributed by atoms with Gasteiger partial charge in [0.25, 0.3) is 5.56 Å². The van der Waals surface area contributed by atoms with Gasteiger partial charge in [0.2, 0.25) is 0 Å². The number of H-pyrrole nitrogens is 1. The van der Waals surface area contributed by atoms with Gasteiger partial charge in [0.05, 0.1) is 5.56 Å². The molecule has 4 heteroatoms. The predicted octanol–water partition coefficient (Wildman–Crippen LogP) is 5.23. The Morgan fingerprint density at radius 3 is 2.43 bits per heavy atom. The third-order valence-electron chi connectivity index (χ3n) is 4.51. The molecule has 3 aromatic carbocycles. The molecule has 0 aliphatic carbocycles. The molecule has 0 radical (unpaired) electrons. The molecule has 0 fully saturated rings. The minimum absolute atomic E-state index is 0.0672. The van der Waals surface area contributed by atoms with E-state index in [0.717, 1.165) is 10.9 Å². The molecule has 0 atom stereocenters. The molecule has 0 aliphatic rings. The number of rotatable bonds is 4. The van der Waals surface area contributed by atoms with Crippen molar-refractivity contribution in [3.8, 4) is 11.1 Å². The highest BCUT2D eigenvalue weighted by atomic mass is 19.1. The lowest BCUT2D eigenvalue weighted by molar-refractivity contribution is 0.104. The van der Waals surface area contributed by atoms with Gasteiger partial charge < -0.3 is 4.98 Å². The summed E-state index contributed by atoms with van der Waals surface area (Å²) < 4.78 is 13.4. The van der Waals surface area contributed by atoms with Crippen LogP contribution in [-0.2, 0) is 0 Å². The molecular formula is C24H16FNO2. The lowest BCUT2D eigenvalue weighted by atomic mass is 9.94. The van der Waals surface area contributed by atoms with Crippen LogP contribution in [0.25, 0.3) is 28.1 Å². The van der Waals surface area contributed by atoms with Gasteiger partial charge in [-0.15, -0.1) is 0 Å². The number of carbonyl (C=O) groups excluding carboxylic acids is 1. The molecule has 0 unspecified atom stereocenters. The molecule has 4 rings (SSSR count). The molecule has 4 aromatic rings. The van der Waals surface area contributed by atoms with Crippen molar-refractivity contribution in [3.05, 3.63) is 112 Å². The van der Waals surface area contributed by atoms with E-state index in [-0.39, 0.29) is 11.4 Å². The summed E-state index contributed by atoms with van der Waals surface area (Å²) in [5.41, 5.74) is 2.20. The lowest BCUT2D eigenvalue weighted by Gasteiger charge is -2.11. The molecule has 0 saturated heterocycles. The van der Waals surface area contributed by atoms with E-state index in [1.54, 1.807) is 18.2 Å². The number of aromatic nitrogens is 1. The van der Waals surface area contributed by atoms with E-state index < -0.39 is 11.3 Å². The maximum Gasteiger partial charge on any atom is 0.260 e. The maximum absolute atomic E-state index is 13.4. The van der Waals surface area contributed by atoms with Crippen molar-refractivity contribution >= 4 is 22.8 Å². The second-order valence-corrected chi connectivity index (χ2v) is 6.37. The van der Waals surface area contributed by atoms with Crippen molar-refractivity contribution in [2.45, 2.75) is 0 Å². The largest absolute Gasteiger partial charge is 0.321 e. The SMILES string of the molecule is O=C(C=Cc1cccc(F)c1)c1c(-c2ccccc2)c2ccccc2[nH]c1=O. The number of halogens is 1. The van der Waals surface area contributed by atoms with Crippen LogP contribution in [0, 0.1) is 5.82 Å². The number of ketones is 1. The number of fused-ring (bicyclic) bond motifs is 1. The van der Waals surface area contributed by atoms with E-state index in [9.17, 15) is 14.0 Å². The average molecular weight is 369 g/mol. The number of nitrogens with one attached hydrogen (secondary N) is 1. The molecule has 0 amide bonds. The third-order valence-corrected chi connectivity index (χ3v) is 4.51. The number of benzene rings is 3. The molecule has 0 spiro atoms. The number of aromatic amines is 1. The van der Waals surface area contributed by atoms with Gasteiger partial charge in [0, 0.05) is 16.5 Å². The topological polar surface area (TPSA) is 49.9 Å². The Hall–Kier alpha value is -3.79. The normalized spacial score (nSPS) is 11.2. The molecule has 136 valence electrons. The first-order chi connectivity index (χ1) is 13.6. The molecule has 1 aromatic heterocycles. The van der Waals surface area contributed by atoms with Crippen molar-refractivity contribution in [2.75, 3.05) is 0 Å². The first-order valence-corrected chi connectivity index (χ1v) is 8.82. The molecular weight excluding hydrogens is 353 g/mol. The fraction of sp³-hybridized carbons (Fsp3) is 0. The van der Waals surface area contributed by atoms with Crippen LogP contribution in [0.4, 0.5) is 4.39 Å². The summed E-state index contributed by atoms with van der Waals surface area (Å²) in [6.07, 6.45) is 2.81. The zero-order chi connectivity index (χ0) is 19.5. The van der Waals surface area contributed by atoms with Crippen LogP contribution in [-0.4, -0.2) is 10.8 Å². The van der Waals surface area contributed by atoms with E-state index in [1.807, 2.05) is 48.5 Å². The quantitative estimate of drug-likeness (QED) is 0.395. The van der Waals surface area contributed by atoms with Gasteiger partial charge in [-0.25, -0.2) is 4.39 Å². The van der Waals surface area contributed by atoms with Crippen LogP contribution in [0.3, 0.4) is 0 Å². The summed E-state index contributed by atoms with van der Waals surface area (Å²) in [6, 6.07) is 22.6. The van der Waals surface area contributed by atoms with Gasteiger partial charge in [0.1, 0.15) is 5.82 Å². The van der Waals surface area contributed by atoms with E-state index in [1.165, 1.54) is 24.3 Å². The lowest BCUT2D eigenvalue weighted by Crippen LogP contribution is -2.18. The zero-order valence-electron chi connectivity index (χ0n) is 14.9.